The number of nitrogens with one attached hydrogen (secondary N) is 2. The minimum absolute atomic E-state index is 0.122. The lowest BCUT2D eigenvalue weighted by Gasteiger charge is -2.26. The molecule has 2 N–H and O–H groups in total. The van der Waals surface area contributed by atoms with Gasteiger partial charge in [-0.15, -0.1) is 0 Å². The predicted octanol–water partition coefficient (Wildman–Crippen LogP) is 4.59. The number of carbonyl (C=O) groups is 1. The standard InChI is InChI=1S/C26H29FN2O3/c1-28-26(30)25(19-7-5-4-6-8-19)29-22(15-11-18-9-13-21(27)14-10-18)20-12-16-23(31-2)24(17-20)32-3/h4-10,12-14,16-17,22,25,29H,11,15H2,1-3H3,(H,28,30). The molecule has 0 radical (unpaired) electrons. The van der Waals surface area contributed by atoms with Gasteiger partial charge in [0.1, 0.15) is 11.9 Å². The van der Waals surface area contributed by atoms with E-state index in [1.807, 2.05) is 48.5 Å². The highest BCUT2D eigenvalue weighted by Gasteiger charge is 2.24. The number of carbonyl (C=O) groups excluding carboxylic acids is 1. The van der Waals surface area contributed by atoms with Crippen LogP contribution in [0.1, 0.15) is 35.2 Å². The van der Waals surface area contributed by atoms with Crippen molar-refractivity contribution in [3.05, 3.63) is 95.3 Å². The molecule has 0 aliphatic carbocycles. The SMILES string of the molecule is CNC(=O)C(NC(CCc1ccc(F)cc1)c1ccc(OC)c(OC)c1)c1ccccc1. The summed E-state index contributed by atoms with van der Waals surface area (Å²) in [5.41, 5.74) is 2.86. The largest absolute Gasteiger partial charge is 0.493 e. The third-order valence-electron chi connectivity index (χ3n) is 5.45. The first-order valence-corrected chi connectivity index (χ1v) is 10.5. The van der Waals surface area contributed by atoms with E-state index < -0.39 is 6.04 Å². The smallest absolute Gasteiger partial charge is 0.241 e. The molecule has 6 heteroatoms. The first-order valence-electron chi connectivity index (χ1n) is 10.5. The Labute approximate surface area is 188 Å². The van der Waals surface area contributed by atoms with Crippen molar-refractivity contribution in [3.8, 4) is 11.5 Å². The van der Waals surface area contributed by atoms with Crippen molar-refractivity contribution in [3.63, 3.8) is 0 Å². The number of likely N-dealkylation sites (N-methyl/N-ethyl adjacent to an activating group) is 1. The first-order chi connectivity index (χ1) is 15.5. The summed E-state index contributed by atoms with van der Waals surface area (Å²) in [6.07, 6.45) is 1.41. The number of aryl methyl sites for hydroxylation is 1. The highest BCUT2D eigenvalue weighted by Crippen LogP contribution is 2.32. The van der Waals surface area contributed by atoms with Gasteiger partial charge in [0.2, 0.25) is 5.91 Å². The molecule has 0 aliphatic heterocycles. The normalized spacial score (nSPS) is 12.6. The second-order valence-corrected chi connectivity index (χ2v) is 7.46. The van der Waals surface area contributed by atoms with Crippen LogP contribution in [-0.2, 0) is 11.2 Å². The lowest BCUT2D eigenvalue weighted by atomic mass is 9.96. The van der Waals surface area contributed by atoms with Gasteiger partial charge in [-0.2, -0.15) is 0 Å². The molecule has 0 bridgehead atoms. The number of amides is 1. The summed E-state index contributed by atoms with van der Waals surface area (Å²) < 4.78 is 24.2. The van der Waals surface area contributed by atoms with Crippen LogP contribution in [0.3, 0.4) is 0 Å². The van der Waals surface area contributed by atoms with E-state index in [1.54, 1.807) is 33.4 Å². The summed E-state index contributed by atoms with van der Waals surface area (Å²) in [5.74, 6) is 0.879. The maximum Gasteiger partial charge on any atom is 0.241 e. The van der Waals surface area contributed by atoms with Crippen LogP contribution in [-0.4, -0.2) is 27.2 Å². The number of methoxy groups -OCH3 is 2. The maximum absolute atomic E-state index is 13.3. The molecule has 3 aromatic carbocycles. The number of benzene rings is 3. The average molecular weight is 437 g/mol. The molecule has 0 aliphatic rings. The van der Waals surface area contributed by atoms with E-state index in [-0.39, 0.29) is 17.8 Å². The second kappa shape index (κ2) is 11.3. The molecule has 3 aromatic rings. The summed E-state index contributed by atoms with van der Waals surface area (Å²) in [6.45, 7) is 0. The van der Waals surface area contributed by atoms with Gasteiger partial charge in [0.15, 0.2) is 11.5 Å². The van der Waals surface area contributed by atoms with E-state index in [2.05, 4.69) is 10.6 Å². The first kappa shape index (κ1) is 23.3. The number of halogens is 1. The fourth-order valence-corrected chi connectivity index (χ4v) is 3.69. The highest BCUT2D eigenvalue weighted by molar-refractivity contribution is 5.83. The van der Waals surface area contributed by atoms with Crippen molar-refractivity contribution in [2.75, 3.05) is 21.3 Å². The van der Waals surface area contributed by atoms with Crippen molar-refractivity contribution < 1.29 is 18.7 Å². The van der Waals surface area contributed by atoms with Crippen LogP contribution in [0.25, 0.3) is 0 Å². The zero-order valence-corrected chi connectivity index (χ0v) is 18.6. The molecule has 32 heavy (non-hydrogen) atoms. The van der Waals surface area contributed by atoms with E-state index in [1.165, 1.54) is 12.1 Å². The quantitative estimate of drug-likeness (QED) is 0.488. The minimum Gasteiger partial charge on any atom is -0.493 e. The van der Waals surface area contributed by atoms with E-state index in [0.717, 1.165) is 16.7 Å². The molecule has 3 rings (SSSR count). The van der Waals surface area contributed by atoms with E-state index >= 15 is 0 Å². The molecule has 0 heterocycles. The average Bonchev–Trinajstić information content (AvgIpc) is 2.85. The van der Waals surface area contributed by atoms with Crippen molar-refractivity contribution >= 4 is 5.91 Å². The Morgan fingerprint density at radius 1 is 0.906 bits per heavy atom. The van der Waals surface area contributed by atoms with Crippen LogP contribution in [0.5, 0.6) is 11.5 Å². The monoisotopic (exact) mass is 436 g/mol. The van der Waals surface area contributed by atoms with E-state index in [0.29, 0.717) is 24.3 Å². The lowest BCUT2D eigenvalue weighted by molar-refractivity contribution is -0.123. The zero-order valence-electron chi connectivity index (χ0n) is 18.6. The second-order valence-electron chi connectivity index (χ2n) is 7.46. The Morgan fingerprint density at radius 2 is 1.59 bits per heavy atom. The Kier molecular flexibility index (Phi) is 8.22. The third kappa shape index (κ3) is 5.86. The lowest BCUT2D eigenvalue weighted by Crippen LogP contribution is -2.38. The molecule has 1 amide bonds. The third-order valence-corrected chi connectivity index (χ3v) is 5.45. The van der Waals surface area contributed by atoms with Gasteiger partial charge in [0, 0.05) is 13.1 Å². The fourth-order valence-electron chi connectivity index (χ4n) is 3.69. The van der Waals surface area contributed by atoms with Crippen molar-refractivity contribution in [2.24, 2.45) is 0 Å². The summed E-state index contributed by atoms with van der Waals surface area (Å²) in [7, 11) is 4.82. The molecular weight excluding hydrogens is 407 g/mol. The van der Waals surface area contributed by atoms with E-state index in [9.17, 15) is 9.18 Å². The minimum atomic E-state index is -0.535. The highest BCUT2D eigenvalue weighted by atomic mass is 19.1. The van der Waals surface area contributed by atoms with Crippen molar-refractivity contribution in [1.29, 1.82) is 0 Å². The van der Waals surface area contributed by atoms with E-state index in [4.69, 9.17) is 9.47 Å². The molecule has 2 atom stereocenters. The molecule has 2 unspecified atom stereocenters. The van der Waals surface area contributed by atoms with Crippen LogP contribution in [0, 0.1) is 5.82 Å². The maximum atomic E-state index is 13.3. The predicted molar refractivity (Wildman–Crippen MR) is 123 cm³/mol. The fraction of sp³-hybridized carbons (Fsp3) is 0.269. The molecule has 168 valence electrons. The molecule has 0 spiro atoms. The summed E-state index contributed by atoms with van der Waals surface area (Å²) in [6, 6.07) is 21.2. The molecule has 0 fully saturated rings. The van der Waals surface area contributed by atoms with Gasteiger partial charge in [0.05, 0.1) is 14.2 Å². The molecule has 0 aromatic heterocycles. The van der Waals surface area contributed by atoms with Crippen molar-refractivity contribution in [1.82, 2.24) is 10.6 Å². The molecule has 5 nitrogen and oxygen atoms in total. The summed E-state index contributed by atoms with van der Waals surface area (Å²) in [5, 5.41) is 6.28. The van der Waals surface area contributed by atoms with Gasteiger partial charge in [-0.1, -0.05) is 48.5 Å². The van der Waals surface area contributed by atoms with Gasteiger partial charge in [0.25, 0.3) is 0 Å². The topological polar surface area (TPSA) is 59.6 Å². The van der Waals surface area contributed by atoms with Crippen LogP contribution in [0.15, 0.2) is 72.8 Å². The number of hydrogen-bond acceptors (Lipinski definition) is 4. The van der Waals surface area contributed by atoms with Gasteiger partial charge < -0.3 is 14.8 Å². The van der Waals surface area contributed by atoms with Crippen LogP contribution in [0.2, 0.25) is 0 Å². The van der Waals surface area contributed by atoms with Crippen molar-refractivity contribution in [2.45, 2.75) is 24.9 Å². The van der Waals surface area contributed by atoms with Gasteiger partial charge >= 0.3 is 0 Å². The van der Waals surface area contributed by atoms with Crippen LogP contribution >= 0.6 is 0 Å². The Balaban J connectivity index is 1.93. The number of hydrogen-bond donors (Lipinski definition) is 2. The number of rotatable bonds is 10. The Bertz CT molecular complexity index is 1010. The van der Waals surface area contributed by atoms with Crippen LogP contribution < -0.4 is 20.1 Å². The van der Waals surface area contributed by atoms with Crippen LogP contribution in [0.4, 0.5) is 4.39 Å². The van der Waals surface area contributed by atoms with Gasteiger partial charge in [-0.25, -0.2) is 4.39 Å². The Morgan fingerprint density at radius 3 is 2.22 bits per heavy atom. The molecule has 0 saturated heterocycles. The molecular formula is C26H29FN2O3. The summed E-state index contributed by atoms with van der Waals surface area (Å²) >= 11 is 0. The Hall–Kier alpha value is -3.38. The zero-order chi connectivity index (χ0) is 22.9. The molecule has 0 saturated carbocycles. The van der Waals surface area contributed by atoms with Gasteiger partial charge in [-0.3, -0.25) is 10.1 Å². The number of ether oxygens (including phenoxy) is 2. The van der Waals surface area contributed by atoms with Gasteiger partial charge in [-0.05, 0) is 53.8 Å². The summed E-state index contributed by atoms with van der Waals surface area (Å²) in [4.78, 5) is 12.8.